The van der Waals surface area contributed by atoms with Gasteiger partial charge < -0.3 is 16.0 Å². The van der Waals surface area contributed by atoms with E-state index in [2.05, 4.69) is 50.9 Å². The molecule has 3 aromatic carbocycles. The van der Waals surface area contributed by atoms with E-state index in [0.717, 1.165) is 95.8 Å². The fourth-order valence-corrected chi connectivity index (χ4v) is 10.7. The van der Waals surface area contributed by atoms with Crippen LogP contribution < -0.4 is 30.1 Å². The van der Waals surface area contributed by atoms with Crippen molar-refractivity contribution in [2.24, 2.45) is 0 Å². The predicted molar refractivity (Wildman–Crippen MR) is 293 cm³/mol. The minimum absolute atomic E-state index is 0.159. The Hall–Kier alpha value is -4.57. The first-order valence-corrected chi connectivity index (χ1v) is 32.8. The van der Waals surface area contributed by atoms with Gasteiger partial charge in [0.05, 0.1) is 56.7 Å². The number of rotatable bonds is 39. The molecule has 6 N–H and O–H groups in total. The molecule has 3 rings (SSSR count). The van der Waals surface area contributed by atoms with Gasteiger partial charge in [-0.05, 0) is 72.4 Å². The van der Waals surface area contributed by atoms with Crippen LogP contribution in [0, 0.1) is 0 Å². The molecule has 23 heteroatoms. The topological polar surface area (TPSA) is 271 Å². The van der Waals surface area contributed by atoms with Gasteiger partial charge in [0.15, 0.2) is 0 Å². The molecule has 0 aliphatic heterocycles. The highest BCUT2D eigenvalue weighted by atomic mass is 32.2. The summed E-state index contributed by atoms with van der Waals surface area (Å²) in [6.07, 6.45) is 16.7. The standard InChI is InChI=1S/C51H81N6O13PS3/c1-7-10-13-16-19-31-49(58)52-46(40-25-22-28-43(34-40)55-72(4,62)63)37-68-71(61,69-38-47(53-50(59)32-20-17-14-11-8-2)41-26-23-29-44(35-41)56-73(5,64)65)70-39-48(54-51(60)33-21-18-15-12-9-3)42-27-24-30-45(36-42)57-74(6,66)67/h22-30,34-36,46-48,55-57H,7-21,31-33,37-39H2,1-6H3,(H,52,58)(H,53,59)(H,54,60). The first-order valence-electron chi connectivity index (χ1n) is 25.6. The van der Waals surface area contributed by atoms with Crippen LogP contribution in [0.3, 0.4) is 0 Å². The molecule has 74 heavy (non-hydrogen) atoms. The average Bonchev–Trinajstić information content (AvgIpc) is 3.31. The lowest BCUT2D eigenvalue weighted by Gasteiger charge is -2.27. The second-order valence-electron chi connectivity index (χ2n) is 18.7. The lowest BCUT2D eigenvalue weighted by Crippen LogP contribution is -2.33. The molecule has 0 aromatic heterocycles. The number of unbranched alkanes of at least 4 members (excludes halogenated alkanes) is 12. The van der Waals surface area contributed by atoms with Crippen molar-refractivity contribution in [1.82, 2.24) is 16.0 Å². The Balaban J connectivity index is 2.13. The molecular formula is C51H81N6O13PS3. The molecule has 19 nitrogen and oxygen atoms in total. The van der Waals surface area contributed by atoms with E-state index >= 15 is 4.57 Å². The van der Waals surface area contributed by atoms with Crippen molar-refractivity contribution in [3.8, 4) is 0 Å². The highest BCUT2D eigenvalue weighted by Gasteiger charge is 2.34. The van der Waals surface area contributed by atoms with Gasteiger partial charge in [-0.3, -0.25) is 42.1 Å². The van der Waals surface area contributed by atoms with Gasteiger partial charge in [-0.15, -0.1) is 0 Å². The van der Waals surface area contributed by atoms with Crippen LogP contribution >= 0.6 is 7.82 Å². The molecule has 0 bridgehead atoms. The maximum atomic E-state index is 15.4. The zero-order valence-electron chi connectivity index (χ0n) is 44.0. The Kier molecular flexibility index (Phi) is 28.2. The van der Waals surface area contributed by atoms with Crippen molar-refractivity contribution in [3.63, 3.8) is 0 Å². The highest BCUT2D eigenvalue weighted by Crippen LogP contribution is 2.51. The van der Waals surface area contributed by atoms with Crippen LogP contribution in [0.15, 0.2) is 72.8 Å². The van der Waals surface area contributed by atoms with E-state index in [1.54, 1.807) is 36.4 Å². The minimum atomic E-state index is -4.90. The Morgan fingerprint density at radius 2 is 0.689 bits per heavy atom. The van der Waals surface area contributed by atoms with Crippen LogP contribution in [0.4, 0.5) is 17.1 Å². The molecule has 0 aliphatic rings. The van der Waals surface area contributed by atoms with E-state index in [4.69, 9.17) is 13.6 Å². The van der Waals surface area contributed by atoms with Crippen LogP contribution in [0.1, 0.15) is 171 Å². The lowest BCUT2D eigenvalue weighted by molar-refractivity contribution is -0.122. The second-order valence-corrected chi connectivity index (χ2v) is 25.6. The summed E-state index contributed by atoms with van der Waals surface area (Å²) in [7, 11) is -16.0. The van der Waals surface area contributed by atoms with Crippen LogP contribution in [0.2, 0.25) is 0 Å². The molecule has 3 aromatic rings. The van der Waals surface area contributed by atoms with E-state index in [1.807, 2.05) is 0 Å². The molecule has 0 aliphatic carbocycles. The van der Waals surface area contributed by atoms with Gasteiger partial charge in [-0.2, -0.15) is 0 Å². The highest BCUT2D eigenvalue weighted by molar-refractivity contribution is 7.92. The summed E-state index contributed by atoms with van der Waals surface area (Å²) in [6.45, 7) is 4.61. The second kappa shape index (κ2) is 32.8. The number of phosphoric acid groups is 1. The number of carbonyl (C=O) groups excluding carboxylic acids is 3. The molecule has 3 amide bonds. The van der Waals surface area contributed by atoms with Crippen molar-refractivity contribution in [2.75, 3.05) is 52.8 Å². The smallest absolute Gasteiger partial charge is 0.347 e. The van der Waals surface area contributed by atoms with Gasteiger partial charge in [0, 0.05) is 36.3 Å². The van der Waals surface area contributed by atoms with Crippen molar-refractivity contribution in [3.05, 3.63) is 89.5 Å². The molecule has 0 saturated carbocycles. The first kappa shape index (κ1) is 63.7. The molecule has 0 radical (unpaired) electrons. The van der Waals surface area contributed by atoms with Crippen molar-refractivity contribution in [1.29, 1.82) is 0 Å². The average molecular weight is 1110 g/mol. The molecular weight excluding hydrogens is 1030 g/mol. The maximum absolute atomic E-state index is 15.4. The van der Waals surface area contributed by atoms with Crippen LogP contribution in [0.5, 0.6) is 0 Å². The molecule has 0 saturated heterocycles. The van der Waals surface area contributed by atoms with E-state index in [1.165, 1.54) is 36.4 Å². The maximum Gasteiger partial charge on any atom is 0.475 e. The lowest BCUT2D eigenvalue weighted by atomic mass is 10.1. The Morgan fingerprint density at radius 1 is 0.432 bits per heavy atom. The third-order valence-electron chi connectivity index (χ3n) is 11.5. The summed E-state index contributed by atoms with van der Waals surface area (Å²) >= 11 is 0. The molecule has 0 heterocycles. The van der Waals surface area contributed by atoms with Crippen molar-refractivity contribution >= 4 is 72.7 Å². The minimum Gasteiger partial charge on any atom is -0.347 e. The number of hydrogen-bond donors (Lipinski definition) is 6. The normalized spacial score (nSPS) is 14.0. The van der Waals surface area contributed by atoms with E-state index < -0.39 is 75.8 Å². The van der Waals surface area contributed by atoms with Crippen molar-refractivity contribution < 1.29 is 57.8 Å². The summed E-state index contributed by atoms with van der Waals surface area (Å²) in [5, 5.41) is 8.80. The zero-order valence-corrected chi connectivity index (χ0v) is 47.3. The fraction of sp³-hybridized carbons (Fsp3) is 0.588. The third-order valence-corrected chi connectivity index (χ3v) is 14.7. The summed E-state index contributed by atoms with van der Waals surface area (Å²) < 4.78 is 115. The number of phosphoric ester groups is 1. The Morgan fingerprint density at radius 3 is 0.932 bits per heavy atom. The van der Waals surface area contributed by atoms with Gasteiger partial charge >= 0.3 is 7.82 Å². The summed E-state index contributed by atoms with van der Waals surface area (Å²) in [6, 6.07) is 15.5. The quantitative estimate of drug-likeness (QED) is 0.0230. The first-order chi connectivity index (χ1) is 35.0. The van der Waals surface area contributed by atoms with Gasteiger partial charge in [0.1, 0.15) is 0 Å². The number of anilines is 3. The van der Waals surface area contributed by atoms with Gasteiger partial charge in [-0.1, -0.05) is 134 Å². The largest absolute Gasteiger partial charge is 0.475 e. The van der Waals surface area contributed by atoms with Gasteiger partial charge in [-0.25, -0.2) is 29.8 Å². The van der Waals surface area contributed by atoms with E-state index in [0.29, 0.717) is 36.0 Å². The van der Waals surface area contributed by atoms with Gasteiger partial charge in [0.2, 0.25) is 47.8 Å². The number of nitrogens with one attached hydrogen (secondary N) is 6. The molecule has 3 unspecified atom stereocenters. The molecule has 3 atom stereocenters. The van der Waals surface area contributed by atoms with Crippen LogP contribution in [-0.2, 0) is 62.6 Å². The molecule has 0 spiro atoms. The Labute approximate surface area is 441 Å². The van der Waals surface area contributed by atoms with Gasteiger partial charge in [0.25, 0.3) is 0 Å². The number of sulfonamides is 3. The van der Waals surface area contributed by atoms with Crippen LogP contribution in [-0.4, -0.2) is 81.6 Å². The summed E-state index contributed by atoms with van der Waals surface area (Å²) in [5.41, 5.74) is 1.70. The van der Waals surface area contributed by atoms with E-state index in [-0.39, 0.29) is 54.0 Å². The van der Waals surface area contributed by atoms with Crippen LogP contribution in [0.25, 0.3) is 0 Å². The number of amides is 3. The monoisotopic (exact) mass is 1110 g/mol. The third kappa shape index (κ3) is 27.8. The number of benzene rings is 3. The predicted octanol–water partition coefficient (Wildman–Crippen LogP) is 9.91. The summed E-state index contributed by atoms with van der Waals surface area (Å²) in [4.78, 5) is 40.7. The molecule has 416 valence electrons. The number of carbonyl (C=O) groups is 3. The molecule has 0 fully saturated rings. The number of hydrogen-bond acceptors (Lipinski definition) is 13. The Bertz CT molecular complexity index is 2330. The van der Waals surface area contributed by atoms with Crippen molar-refractivity contribution in [2.45, 2.75) is 154 Å². The SMILES string of the molecule is CCCCCCCC(=O)NC(COP(=O)(OCC(NC(=O)CCCCCCC)c1cccc(NS(C)(=O)=O)c1)OCC(NC(=O)CCCCCCC)c1cccc(NS(C)(=O)=O)c1)c1cccc(NS(C)(=O)=O)c1. The van der Waals surface area contributed by atoms with E-state index in [9.17, 15) is 39.6 Å². The fourth-order valence-electron chi connectivity index (χ4n) is 7.84. The summed E-state index contributed by atoms with van der Waals surface area (Å²) in [5.74, 6) is -1.06. The zero-order chi connectivity index (χ0) is 54.6.